The van der Waals surface area contributed by atoms with Crippen molar-refractivity contribution in [2.24, 2.45) is 10.9 Å². The van der Waals surface area contributed by atoms with Gasteiger partial charge in [0, 0.05) is 38.7 Å². The van der Waals surface area contributed by atoms with E-state index in [1.807, 2.05) is 6.92 Å². The number of aliphatic imine (C=N–C) groups is 1. The van der Waals surface area contributed by atoms with Gasteiger partial charge in [-0.25, -0.2) is 13.8 Å². The summed E-state index contributed by atoms with van der Waals surface area (Å²) in [7, 11) is 1.65. The van der Waals surface area contributed by atoms with Crippen LogP contribution in [0.3, 0.4) is 0 Å². The second-order valence-electron chi connectivity index (χ2n) is 6.21. The molecule has 146 valence electrons. The highest BCUT2D eigenvalue weighted by Crippen LogP contribution is 2.20. The molecule has 26 heavy (non-hydrogen) atoms. The monoisotopic (exact) mass is 480 g/mol. The number of nitrogens with one attached hydrogen (secondary N) is 2. The van der Waals surface area contributed by atoms with Crippen LogP contribution in [0.25, 0.3) is 0 Å². The van der Waals surface area contributed by atoms with Crippen LogP contribution in [0, 0.1) is 17.6 Å². The molecule has 2 N–H and O–H groups in total. The number of hydrogen-bond donors (Lipinski definition) is 2. The maximum absolute atomic E-state index is 13.7. The highest BCUT2D eigenvalue weighted by Gasteiger charge is 2.23. The number of guanidine groups is 1. The Morgan fingerprint density at radius 2 is 2.00 bits per heavy atom. The average molecular weight is 480 g/mol. The van der Waals surface area contributed by atoms with Gasteiger partial charge in [-0.15, -0.1) is 24.0 Å². The third-order valence-electron chi connectivity index (χ3n) is 4.41. The zero-order valence-corrected chi connectivity index (χ0v) is 17.6. The summed E-state index contributed by atoms with van der Waals surface area (Å²) in [6.45, 7) is 4.33. The Balaban J connectivity index is 0.00000338. The van der Waals surface area contributed by atoms with Crippen LogP contribution >= 0.6 is 24.0 Å². The lowest BCUT2D eigenvalue weighted by atomic mass is 9.93. The zero-order chi connectivity index (χ0) is 18.2. The van der Waals surface area contributed by atoms with E-state index in [9.17, 15) is 13.6 Å². The third-order valence-corrected chi connectivity index (χ3v) is 4.41. The summed E-state index contributed by atoms with van der Waals surface area (Å²) in [6, 6.07) is 3.40. The minimum atomic E-state index is -0.466. The largest absolute Gasteiger partial charge is 0.359 e. The molecule has 0 atom stereocenters. The number of nitrogens with zero attached hydrogens (tertiary/aromatic N) is 2. The van der Waals surface area contributed by atoms with Crippen LogP contribution < -0.4 is 10.6 Å². The Morgan fingerprint density at radius 3 is 2.62 bits per heavy atom. The van der Waals surface area contributed by atoms with Crippen molar-refractivity contribution in [3.8, 4) is 0 Å². The van der Waals surface area contributed by atoms with Gasteiger partial charge in [-0.1, -0.05) is 0 Å². The van der Waals surface area contributed by atoms with E-state index in [4.69, 9.17) is 0 Å². The fraction of sp³-hybridized carbons (Fsp3) is 0.556. The quantitative estimate of drug-likeness (QED) is 0.387. The summed E-state index contributed by atoms with van der Waals surface area (Å²) < 4.78 is 27.0. The van der Waals surface area contributed by atoms with Crippen molar-refractivity contribution in [2.75, 3.05) is 26.7 Å². The van der Waals surface area contributed by atoms with Gasteiger partial charge in [0.2, 0.25) is 5.91 Å². The van der Waals surface area contributed by atoms with Gasteiger partial charge in [0.05, 0.1) is 6.54 Å². The summed E-state index contributed by atoms with van der Waals surface area (Å²) in [4.78, 5) is 18.1. The summed E-state index contributed by atoms with van der Waals surface area (Å²) in [5, 5.41) is 5.86. The number of halogens is 3. The number of carbonyl (C=O) groups excluding carboxylic acids is 1. The van der Waals surface area contributed by atoms with Crippen LogP contribution in [0.4, 0.5) is 8.78 Å². The van der Waals surface area contributed by atoms with Gasteiger partial charge in [-0.05, 0) is 43.9 Å². The number of rotatable bonds is 5. The van der Waals surface area contributed by atoms with E-state index in [0.717, 1.165) is 38.1 Å². The Labute approximate surface area is 170 Å². The van der Waals surface area contributed by atoms with Crippen molar-refractivity contribution in [3.63, 3.8) is 0 Å². The first-order chi connectivity index (χ1) is 12.0. The van der Waals surface area contributed by atoms with E-state index in [2.05, 4.69) is 20.5 Å². The van der Waals surface area contributed by atoms with Crippen molar-refractivity contribution in [1.82, 2.24) is 15.5 Å². The molecular weight excluding hydrogens is 453 g/mol. The van der Waals surface area contributed by atoms with Crippen LogP contribution in [-0.2, 0) is 11.3 Å². The Morgan fingerprint density at radius 1 is 1.31 bits per heavy atom. The molecule has 0 aliphatic carbocycles. The van der Waals surface area contributed by atoms with E-state index in [1.54, 1.807) is 7.05 Å². The lowest BCUT2D eigenvalue weighted by molar-refractivity contribution is -0.121. The third kappa shape index (κ3) is 6.69. The van der Waals surface area contributed by atoms with Gasteiger partial charge >= 0.3 is 0 Å². The highest BCUT2D eigenvalue weighted by atomic mass is 127. The van der Waals surface area contributed by atoms with Crippen LogP contribution in [0.5, 0.6) is 0 Å². The van der Waals surface area contributed by atoms with Gasteiger partial charge in [-0.2, -0.15) is 0 Å². The molecule has 0 saturated carbocycles. The van der Waals surface area contributed by atoms with Crippen LogP contribution in [-0.4, -0.2) is 43.4 Å². The molecule has 0 unspecified atom stereocenters. The van der Waals surface area contributed by atoms with Crippen molar-refractivity contribution in [3.05, 3.63) is 35.4 Å². The number of piperidine rings is 1. The fourth-order valence-corrected chi connectivity index (χ4v) is 2.96. The average Bonchev–Trinajstić information content (AvgIpc) is 2.62. The predicted molar refractivity (Wildman–Crippen MR) is 110 cm³/mol. The minimum Gasteiger partial charge on any atom is -0.359 e. The van der Waals surface area contributed by atoms with Crippen LogP contribution in [0.2, 0.25) is 0 Å². The Kier molecular flexibility index (Phi) is 9.82. The van der Waals surface area contributed by atoms with Crippen LogP contribution in [0.15, 0.2) is 23.2 Å². The van der Waals surface area contributed by atoms with Gasteiger partial charge in [0.1, 0.15) is 11.6 Å². The first kappa shape index (κ1) is 22.6. The molecule has 1 aliphatic rings. The standard InChI is InChI=1S/C18H26F2N4O.HI/c1-3-22-18(23-12-14-11-15(19)4-5-16(14)20)24-8-6-13(7-9-24)10-17(25)21-2;/h4-5,11,13H,3,6-10,12H2,1-2H3,(H,21,25)(H,22,23);1H. The number of hydrogen-bond acceptors (Lipinski definition) is 2. The molecule has 2 rings (SSSR count). The van der Waals surface area contributed by atoms with E-state index in [1.165, 1.54) is 6.07 Å². The molecule has 0 aromatic heterocycles. The van der Waals surface area contributed by atoms with E-state index < -0.39 is 11.6 Å². The summed E-state index contributed by atoms with van der Waals surface area (Å²) in [6.07, 6.45) is 2.37. The predicted octanol–water partition coefficient (Wildman–Crippen LogP) is 2.90. The molecule has 1 amide bonds. The van der Waals surface area contributed by atoms with Crippen molar-refractivity contribution < 1.29 is 13.6 Å². The van der Waals surface area contributed by atoms with E-state index >= 15 is 0 Å². The lowest BCUT2D eigenvalue weighted by Crippen LogP contribution is -2.46. The highest BCUT2D eigenvalue weighted by molar-refractivity contribution is 14.0. The molecule has 1 aromatic rings. The Hall–Kier alpha value is -1.45. The van der Waals surface area contributed by atoms with E-state index in [-0.39, 0.29) is 42.0 Å². The number of benzene rings is 1. The molecule has 0 radical (unpaired) electrons. The lowest BCUT2D eigenvalue weighted by Gasteiger charge is -2.34. The molecule has 1 aliphatic heterocycles. The SMILES string of the molecule is CCNC(=NCc1cc(F)ccc1F)N1CCC(CC(=O)NC)CC1.I. The molecule has 1 heterocycles. The molecule has 1 saturated heterocycles. The molecule has 8 heteroatoms. The number of carbonyl (C=O) groups is 1. The fourth-order valence-electron chi connectivity index (χ4n) is 2.96. The Bertz CT molecular complexity index is 619. The smallest absolute Gasteiger partial charge is 0.220 e. The van der Waals surface area contributed by atoms with Crippen molar-refractivity contribution >= 4 is 35.8 Å². The summed E-state index contributed by atoms with van der Waals surface area (Å²) >= 11 is 0. The molecule has 1 fully saturated rings. The molecule has 1 aromatic carbocycles. The van der Waals surface area contributed by atoms with Gasteiger partial charge in [0.15, 0.2) is 5.96 Å². The normalized spacial score (nSPS) is 15.4. The minimum absolute atomic E-state index is 0. The first-order valence-corrected chi connectivity index (χ1v) is 8.71. The van der Waals surface area contributed by atoms with Gasteiger partial charge in [-0.3, -0.25) is 4.79 Å². The zero-order valence-electron chi connectivity index (χ0n) is 15.2. The van der Waals surface area contributed by atoms with Crippen molar-refractivity contribution in [2.45, 2.75) is 32.7 Å². The molecule has 0 spiro atoms. The summed E-state index contributed by atoms with van der Waals surface area (Å²) in [5.41, 5.74) is 0.241. The second kappa shape index (κ2) is 11.3. The second-order valence-corrected chi connectivity index (χ2v) is 6.21. The van der Waals surface area contributed by atoms with Crippen molar-refractivity contribution in [1.29, 1.82) is 0 Å². The molecular formula is C18H27F2IN4O. The molecule has 5 nitrogen and oxygen atoms in total. The van der Waals surface area contributed by atoms with E-state index in [0.29, 0.717) is 24.8 Å². The van der Waals surface area contributed by atoms with Gasteiger partial charge in [0.25, 0.3) is 0 Å². The summed E-state index contributed by atoms with van der Waals surface area (Å²) in [5.74, 6) is 0.224. The van der Waals surface area contributed by atoms with Crippen LogP contribution in [0.1, 0.15) is 31.7 Å². The first-order valence-electron chi connectivity index (χ1n) is 8.71. The maximum Gasteiger partial charge on any atom is 0.220 e. The van der Waals surface area contributed by atoms with Gasteiger partial charge < -0.3 is 15.5 Å². The molecule has 0 bridgehead atoms. The number of likely N-dealkylation sites (tertiary alicyclic amines) is 1. The maximum atomic E-state index is 13.7. The topological polar surface area (TPSA) is 56.7 Å². The number of amides is 1.